The molecule has 1 aromatic carbocycles. The van der Waals surface area contributed by atoms with Crippen LogP contribution in [0, 0.1) is 5.92 Å². The third-order valence-corrected chi connectivity index (χ3v) is 4.95. The average Bonchev–Trinajstić information content (AvgIpc) is 2.62. The van der Waals surface area contributed by atoms with Gasteiger partial charge in [-0.3, -0.25) is 4.79 Å². The Bertz CT molecular complexity index is 533. The van der Waals surface area contributed by atoms with E-state index in [1.165, 1.54) is 0 Å². The monoisotopic (exact) mass is 367 g/mol. The number of hydrogen-bond donors (Lipinski definition) is 1. The number of halogens is 1. The summed E-state index contributed by atoms with van der Waals surface area (Å²) in [5.41, 5.74) is 0.900. The predicted octanol–water partition coefficient (Wildman–Crippen LogP) is 2.25. The van der Waals surface area contributed by atoms with Crippen LogP contribution in [0.1, 0.15) is 19.4 Å². The molecule has 0 aromatic heterocycles. The van der Waals surface area contributed by atoms with E-state index in [1.54, 1.807) is 0 Å². The second kappa shape index (κ2) is 10.8. The molecule has 1 aromatic rings. The van der Waals surface area contributed by atoms with E-state index in [0.717, 1.165) is 44.8 Å². The zero-order chi connectivity index (χ0) is 18.1. The number of rotatable bonds is 9. The normalized spacial score (nSPS) is 17.4. The van der Waals surface area contributed by atoms with Crippen molar-refractivity contribution in [2.24, 2.45) is 5.92 Å². The molecule has 5 nitrogen and oxygen atoms in total. The van der Waals surface area contributed by atoms with E-state index in [0.29, 0.717) is 24.1 Å². The molecule has 0 aliphatic carbocycles. The van der Waals surface area contributed by atoms with E-state index in [2.05, 4.69) is 29.0 Å². The summed E-state index contributed by atoms with van der Waals surface area (Å²) < 4.78 is 5.46. The minimum Gasteiger partial charge on any atom is -0.367 e. The van der Waals surface area contributed by atoms with Gasteiger partial charge in [0.05, 0.1) is 6.61 Å². The van der Waals surface area contributed by atoms with E-state index in [9.17, 15) is 4.79 Å². The molecular weight excluding hydrogens is 338 g/mol. The molecule has 1 unspecified atom stereocenters. The molecule has 1 aliphatic rings. The topological polar surface area (TPSA) is 44.8 Å². The lowest BCUT2D eigenvalue weighted by Crippen LogP contribution is -2.48. The highest BCUT2D eigenvalue weighted by Crippen LogP contribution is 2.15. The van der Waals surface area contributed by atoms with Crippen LogP contribution in [0.2, 0.25) is 5.02 Å². The predicted molar refractivity (Wildman–Crippen MR) is 102 cm³/mol. The molecule has 1 aliphatic heterocycles. The van der Waals surface area contributed by atoms with Crippen molar-refractivity contribution in [1.82, 2.24) is 15.1 Å². The molecule has 0 radical (unpaired) electrons. The number of hydrogen-bond acceptors (Lipinski definition) is 4. The molecule has 1 heterocycles. The average molecular weight is 368 g/mol. The van der Waals surface area contributed by atoms with Crippen molar-refractivity contribution in [2.75, 3.05) is 52.4 Å². The van der Waals surface area contributed by atoms with Gasteiger partial charge in [0.1, 0.15) is 6.61 Å². The Kier molecular flexibility index (Phi) is 8.68. The maximum absolute atomic E-state index is 11.9. The maximum Gasteiger partial charge on any atom is 0.246 e. The van der Waals surface area contributed by atoms with Crippen molar-refractivity contribution in [3.63, 3.8) is 0 Å². The van der Waals surface area contributed by atoms with Gasteiger partial charge in [-0.2, -0.15) is 0 Å². The highest BCUT2D eigenvalue weighted by molar-refractivity contribution is 6.31. The first-order valence-corrected chi connectivity index (χ1v) is 9.48. The Labute approximate surface area is 156 Å². The van der Waals surface area contributed by atoms with Gasteiger partial charge in [0.2, 0.25) is 5.91 Å². The molecule has 6 heteroatoms. The Balaban J connectivity index is 1.57. The fourth-order valence-corrected chi connectivity index (χ4v) is 3.19. The molecule has 1 amide bonds. The lowest BCUT2D eigenvalue weighted by Gasteiger charge is -2.35. The Morgan fingerprint density at radius 2 is 1.92 bits per heavy atom. The SMILES string of the molecule is CCN1CCN(CC(C)CNC(=O)COCc2ccccc2Cl)CC1. The van der Waals surface area contributed by atoms with Crippen LogP contribution in [-0.2, 0) is 16.1 Å². The van der Waals surface area contributed by atoms with Crippen molar-refractivity contribution < 1.29 is 9.53 Å². The highest BCUT2D eigenvalue weighted by atomic mass is 35.5. The number of carbonyl (C=O) groups is 1. The van der Waals surface area contributed by atoms with Crippen molar-refractivity contribution in [1.29, 1.82) is 0 Å². The summed E-state index contributed by atoms with van der Waals surface area (Å²) in [5, 5.41) is 3.63. The molecule has 1 saturated heterocycles. The van der Waals surface area contributed by atoms with E-state index >= 15 is 0 Å². The van der Waals surface area contributed by atoms with Crippen molar-refractivity contribution >= 4 is 17.5 Å². The molecule has 1 atom stereocenters. The molecule has 1 N–H and O–H groups in total. The number of ether oxygens (including phenoxy) is 1. The quantitative estimate of drug-likeness (QED) is 0.727. The largest absolute Gasteiger partial charge is 0.367 e. The molecule has 1 fully saturated rings. The van der Waals surface area contributed by atoms with E-state index in [4.69, 9.17) is 16.3 Å². The first-order valence-electron chi connectivity index (χ1n) is 9.11. The summed E-state index contributed by atoms with van der Waals surface area (Å²) in [7, 11) is 0. The van der Waals surface area contributed by atoms with Crippen LogP contribution in [-0.4, -0.2) is 68.1 Å². The molecule has 2 rings (SSSR count). The van der Waals surface area contributed by atoms with Crippen molar-refractivity contribution in [3.05, 3.63) is 34.9 Å². The number of piperazine rings is 1. The van der Waals surface area contributed by atoms with Crippen LogP contribution in [0.3, 0.4) is 0 Å². The van der Waals surface area contributed by atoms with Crippen LogP contribution in [0.25, 0.3) is 0 Å². The Hall–Kier alpha value is -1.14. The number of benzene rings is 1. The van der Waals surface area contributed by atoms with Gasteiger partial charge in [-0.25, -0.2) is 0 Å². The van der Waals surface area contributed by atoms with Crippen molar-refractivity contribution in [2.45, 2.75) is 20.5 Å². The summed E-state index contributed by atoms with van der Waals surface area (Å²) in [6.45, 7) is 12.2. The van der Waals surface area contributed by atoms with Crippen LogP contribution < -0.4 is 5.32 Å². The second-order valence-electron chi connectivity index (χ2n) is 6.73. The van der Waals surface area contributed by atoms with Gasteiger partial charge in [0.15, 0.2) is 0 Å². The van der Waals surface area contributed by atoms with Crippen LogP contribution in [0.4, 0.5) is 0 Å². The van der Waals surface area contributed by atoms with Gasteiger partial charge < -0.3 is 19.9 Å². The summed E-state index contributed by atoms with van der Waals surface area (Å²) in [6, 6.07) is 7.51. The van der Waals surface area contributed by atoms with Gasteiger partial charge in [-0.15, -0.1) is 0 Å². The second-order valence-corrected chi connectivity index (χ2v) is 7.14. The molecule has 0 spiro atoms. The number of carbonyl (C=O) groups excluding carboxylic acids is 1. The number of likely N-dealkylation sites (N-methyl/N-ethyl adjacent to an activating group) is 1. The lowest BCUT2D eigenvalue weighted by molar-refractivity contribution is -0.126. The van der Waals surface area contributed by atoms with Gasteiger partial charge in [-0.1, -0.05) is 43.6 Å². The number of amides is 1. The van der Waals surface area contributed by atoms with Crippen molar-refractivity contribution in [3.8, 4) is 0 Å². The molecule has 140 valence electrons. The van der Waals surface area contributed by atoms with Gasteiger partial charge in [-0.05, 0) is 24.1 Å². The lowest BCUT2D eigenvalue weighted by atomic mass is 10.1. The summed E-state index contributed by atoms with van der Waals surface area (Å²) in [4.78, 5) is 16.9. The van der Waals surface area contributed by atoms with E-state index < -0.39 is 0 Å². The summed E-state index contributed by atoms with van der Waals surface area (Å²) in [6.07, 6.45) is 0. The summed E-state index contributed by atoms with van der Waals surface area (Å²) in [5.74, 6) is 0.357. The van der Waals surface area contributed by atoms with E-state index in [-0.39, 0.29) is 12.5 Å². The fourth-order valence-electron chi connectivity index (χ4n) is 3.00. The van der Waals surface area contributed by atoms with Gasteiger partial charge in [0, 0.05) is 44.3 Å². The zero-order valence-electron chi connectivity index (χ0n) is 15.3. The Morgan fingerprint density at radius 1 is 1.24 bits per heavy atom. The third-order valence-electron chi connectivity index (χ3n) is 4.58. The molecule has 25 heavy (non-hydrogen) atoms. The summed E-state index contributed by atoms with van der Waals surface area (Å²) >= 11 is 6.06. The smallest absolute Gasteiger partial charge is 0.246 e. The molecule has 0 bridgehead atoms. The molecular formula is C19H30ClN3O2. The van der Waals surface area contributed by atoms with Gasteiger partial charge in [0.25, 0.3) is 0 Å². The Morgan fingerprint density at radius 3 is 2.60 bits per heavy atom. The minimum absolute atomic E-state index is 0.0626. The number of nitrogens with one attached hydrogen (secondary N) is 1. The van der Waals surface area contributed by atoms with Crippen LogP contribution in [0.5, 0.6) is 0 Å². The first kappa shape index (κ1) is 20.2. The third kappa shape index (κ3) is 7.32. The maximum atomic E-state index is 11.9. The standard InChI is InChI=1S/C19H30ClN3O2/c1-3-22-8-10-23(11-9-22)13-16(2)12-21-19(24)15-25-14-17-6-4-5-7-18(17)20/h4-7,16H,3,8-15H2,1-2H3,(H,21,24). The fraction of sp³-hybridized carbons (Fsp3) is 0.632. The van der Waals surface area contributed by atoms with Crippen LogP contribution in [0.15, 0.2) is 24.3 Å². The zero-order valence-corrected chi connectivity index (χ0v) is 16.1. The van der Waals surface area contributed by atoms with Crippen LogP contribution >= 0.6 is 11.6 Å². The first-order chi connectivity index (χ1) is 12.1. The van der Waals surface area contributed by atoms with E-state index in [1.807, 2.05) is 24.3 Å². The minimum atomic E-state index is -0.0743. The number of nitrogens with zero attached hydrogens (tertiary/aromatic N) is 2. The van der Waals surface area contributed by atoms with Gasteiger partial charge >= 0.3 is 0 Å². The highest BCUT2D eigenvalue weighted by Gasteiger charge is 2.17. The molecule has 0 saturated carbocycles.